The van der Waals surface area contributed by atoms with E-state index < -0.39 is 5.82 Å². The minimum atomic E-state index is -0.447. The van der Waals surface area contributed by atoms with Crippen LogP contribution in [0.25, 0.3) is 11.1 Å². The molecular formula is C15H13FO3. The molecule has 98 valence electrons. The lowest BCUT2D eigenvalue weighted by atomic mass is 10.0. The Balaban J connectivity index is 2.50. The molecule has 0 aliphatic heterocycles. The Hall–Kier alpha value is -2.36. The van der Waals surface area contributed by atoms with Crippen molar-refractivity contribution in [2.45, 2.75) is 0 Å². The first-order chi connectivity index (χ1) is 9.19. The number of carbonyl (C=O) groups excluding carboxylic acids is 1. The fraction of sp³-hybridized carbons (Fsp3) is 0.133. The molecule has 0 fully saturated rings. The molecule has 0 bridgehead atoms. The molecule has 0 heterocycles. The van der Waals surface area contributed by atoms with Gasteiger partial charge in [0.1, 0.15) is 12.1 Å². The molecule has 0 aliphatic rings. The predicted octanol–water partition coefficient (Wildman–Crippen LogP) is 3.32. The highest BCUT2D eigenvalue weighted by molar-refractivity contribution is 5.77. The third kappa shape index (κ3) is 2.57. The standard InChI is InChI=1S/C15H13FO3/c1-18-14-6-4-11(8-15(14)19-2)12-5-3-10(9-17)7-13(12)16/h3-9H,1-2H3. The highest BCUT2D eigenvalue weighted by Gasteiger charge is 2.10. The van der Waals surface area contributed by atoms with Crippen molar-refractivity contribution >= 4 is 6.29 Å². The van der Waals surface area contributed by atoms with E-state index >= 15 is 0 Å². The van der Waals surface area contributed by atoms with Crippen LogP contribution in [0.4, 0.5) is 4.39 Å². The molecule has 0 saturated carbocycles. The van der Waals surface area contributed by atoms with Gasteiger partial charge in [-0.25, -0.2) is 4.39 Å². The van der Waals surface area contributed by atoms with E-state index in [4.69, 9.17) is 9.47 Å². The van der Waals surface area contributed by atoms with Crippen molar-refractivity contribution < 1.29 is 18.7 Å². The monoisotopic (exact) mass is 260 g/mol. The Morgan fingerprint density at radius 2 is 1.74 bits per heavy atom. The number of halogens is 1. The van der Waals surface area contributed by atoms with Crippen LogP contribution in [0.5, 0.6) is 11.5 Å². The Labute approximate surface area is 110 Å². The molecule has 19 heavy (non-hydrogen) atoms. The van der Waals surface area contributed by atoms with E-state index in [0.29, 0.717) is 34.5 Å². The van der Waals surface area contributed by atoms with Crippen LogP contribution in [0, 0.1) is 5.82 Å². The minimum Gasteiger partial charge on any atom is -0.493 e. The Morgan fingerprint density at radius 1 is 1.00 bits per heavy atom. The molecule has 0 aliphatic carbocycles. The summed E-state index contributed by atoms with van der Waals surface area (Å²) in [4.78, 5) is 10.6. The second-order valence-electron chi connectivity index (χ2n) is 3.93. The van der Waals surface area contributed by atoms with Crippen molar-refractivity contribution in [1.29, 1.82) is 0 Å². The highest BCUT2D eigenvalue weighted by atomic mass is 19.1. The van der Waals surface area contributed by atoms with E-state index in [2.05, 4.69) is 0 Å². The summed E-state index contributed by atoms with van der Waals surface area (Å²) < 4.78 is 24.2. The lowest BCUT2D eigenvalue weighted by Gasteiger charge is -2.10. The van der Waals surface area contributed by atoms with Crippen LogP contribution in [0.3, 0.4) is 0 Å². The van der Waals surface area contributed by atoms with Crippen molar-refractivity contribution in [3.05, 3.63) is 47.8 Å². The number of ether oxygens (including phenoxy) is 2. The third-order valence-electron chi connectivity index (χ3n) is 2.82. The molecule has 0 atom stereocenters. The van der Waals surface area contributed by atoms with Gasteiger partial charge in [-0.1, -0.05) is 18.2 Å². The SMILES string of the molecule is COc1ccc(-c2ccc(C=O)cc2F)cc1OC. The first kappa shape index (κ1) is 13.1. The van der Waals surface area contributed by atoms with Crippen molar-refractivity contribution in [2.24, 2.45) is 0 Å². The molecule has 3 nitrogen and oxygen atoms in total. The third-order valence-corrected chi connectivity index (χ3v) is 2.82. The number of aldehydes is 1. The summed E-state index contributed by atoms with van der Waals surface area (Å²) in [6.07, 6.45) is 0.613. The summed E-state index contributed by atoms with van der Waals surface area (Å²) in [5.41, 5.74) is 1.38. The molecule has 2 rings (SSSR count). The van der Waals surface area contributed by atoms with Gasteiger partial charge in [-0.3, -0.25) is 4.79 Å². The van der Waals surface area contributed by atoms with E-state index in [1.807, 2.05) is 0 Å². The van der Waals surface area contributed by atoms with Gasteiger partial charge in [-0.2, -0.15) is 0 Å². The predicted molar refractivity (Wildman–Crippen MR) is 70.3 cm³/mol. The molecule has 0 amide bonds. The fourth-order valence-corrected chi connectivity index (χ4v) is 1.84. The van der Waals surface area contributed by atoms with Crippen LogP contribution in [0.15, 0.2) is 36.4 Å². The summed E-state index contributed by atoms with van der Waals surface area (Å²) in [5, 5.41) is 0. The Morgan fingerprint density at radius 3 is 2.32 bits per heavy atom. The molecular weight excluding hydrogens is 247 g/mol. The average Bonchev–Trinajstić information content (AvgIpc) is 2.46. The summed E-state index contributed by atoms with van der Waals surface area (Å²) in [7, 11) is 3.06. The number of hydrogen-bond donors (Lipinski definition) is 0. The zero-order valence-electron chi connectivity index (χ0n) is 10.6. The summed E-state index contributed by atoms with van der Waals surface area (Å²) in [5.74, 6) is 0.659. The number of hydrogen-bond acceptors (Lipinski definition) is 3. The second-order valence-corrected chi connectivity index (χ2v) is 3.93. The van der Waals surface area contributed by atoms with Gasteiger partial charge in [0.2, 0.25) is 0 Å². The van der Waals surface area contributed by atoms with Gasteiger partial charge in [0.15, 0.2) is 11.5 Å². The topological polar surface area (TPSA) is 35.5 Å². The highest BCUT2D eigenvalue weighted by Crippen LogP contribution is 2.33. The van der Waals surface area contributed by atoms with Gasteiger partial charge < -0.3 is 9.47 Å². The molecule has 0 N–H and O–H groups in total. The lowest BCUT2D eigenvalue weighted by molar-refractivity contribution is 0.112. The van der Waals surface area contributed by atoms with E-state index in [1.54, 1.807) is 30.3 Å². The second kappa shape index (κ2) is 5.52. The van der Waals surface area contributed by atoms with Crippen molar-refractivity contribution in [3.63, 3.8) is 0 Å². The molecule has 4 heteroatoms. The number of carbonyl (C=O) groups is 1. The van der Waals surface area contributed by atoms with E-state index in [-0.39, 0.29) is 0 Å². The average molecular weight is 260 g/mol. The zero-order valence-corrected chi connectivity index (χ0v) is 10.6. The first-order valence-electron chi connectivity index (χ1n) is 5.66. The normalized spacial score (nSPS) is 10.1. The van der Waals surface area contributed by atoms with Gasteiger partial charge in [0.25, 0.3) is 0 Å². The van der Waals surface area contributed by atoms with Gasteiger partial charge in [-0.15, -0.1) is 0 Å². The summed E-state index contributed by atoms with van der Waals surface area (Å²) in [6.45, 7) is 0. The van der Waals surface area contributed by atoms with Crippen LogP contribution in [-0.2, 0) is 0 Å². The van der Waals surface area contributed by atoms with Crippen LogP contribution < -0.4 is 9.47 Å². The maximum atomic E-state index is 13.9. The molecule has 2 aromatic carbocycles. The van der Waals surface area contributed by atoms with Crippen LogP contribution >= 0.6 is 0 Å². The van der Waals surface area contributed by atoms with Crippen molar-refractivity contribution in [1.82, 2.24) is 0 Å². The Bertz CT molecular complexity index is 608. The van der Waals surface area contributed by atoms with Gasteiger partial charge in [0.05, 0.1) is 14.2 Å². The minimum absolute atomic E-state index is 0.307. The maximum Gasteiger partial charge on any atom is 0.161 e. The maximum absolute atomic E-state index is 13.9. The summed E-state index contributed by atoms with van der Waals surface area (Å²) in [6, 6.07) is 9.49. The first-order valence-corrected chi connectivity index (χ1v) is 5.66. The van der Waals surface area contributed by atoms with E-state index in [9.17, 15) is 9.18 Å². The molecule has 0 unspecified atom stereocenters. The molecule has 0 saturated heterocycles. The number of benzene rings is 2. The lowest BCUT2D eigenvalue weighted by Crippen LogP contribution is -1.92. The smallest absolute Gasteiger partial charge is 0.161 e. The quantitative estimate of drug-likeness (QED) is 0.791. The summed E-state index contributed by atoms with van der Waals surface area (Å²) >= 11 is 0. The van der Waals surface area contributed by atoms with E-state index in [0.717, 1.165) is 0 Å². The van der Waals surface area contributed by atoms with E-state index in [1.165, 1.54) is 20.3 Å². The largest absolute Gasteiger partial charge is 0.493 e. The van der Waals surface area contributed by atoms with Crippen LogP contribution in [-0.4, -0.2) is 20.5 Å². The Kier molecular flexibility index (Phi) is 3.80. The molecule has 0 spiro atoms. The van der Waals surface area contributed by atoms with Gasteiger partial charge in [-0.05, 0) is 23.8 Å². The van der Waals surface area contributed by atoms with Crippen LogP contribution in [0.1, 0.15) is 10.4 Å². The number of rotatable bonds is 4. The van der Waals surface area contributed by atoms with Crippen LogP contribution in [0.2, 0.25) is 0 Å². The molecule has 2 aromatic rings. The van der Waals surface area contributed by atoms with Crippen molar-refractivity contribution in [3.8, 4) is 22.6 Å². The zero-order chi connectivity index (χ0) is 13.8. The van der Waals surface area contributed by atoms with Gasteiger partial charge in [0, 0.05) is 11.1 Å². The fourth-order valence-electron chi connectivity index (χ4n) is 1.84. The van der Waals surface area contributed by atoms with Crippen molar-refractivity contribution in [2.75, 3.05) is 14.2 Å². The molecule has 0 radical (unpaired) electrons. The number of methoxy groups -OCH3 is 2. The van der Waals surface area contributed by atoms with Gasteiger partial charge >= 0.3 is 0 Å². The molecule has 0 aromatic heterocycles.